The van der Waals surface area contributed by atoms with Crippen molar-refractivity contribution in [1.29, 1.82) is 0 Å². The molecule has 0 unspecified atom stereocenters. The molecule has 0 spiro atoms. The molecule has 2 rings (SSSR count). The highest BCUT2D eigenvalue weighted by molar-refractivity contribution is 4.97. The zero-order valence-electron chi connectivity index (χ0n) is 11.1. The van der Waals surface area contributed by atoms with Crippen LogP contribution < -0.4 is 5.32 Å². The van der Waals surface area contributed by atoms with E-state index in [1.807, 2.05) is 0 Å². The van der Waals surface area contributed by atoms with Crippen molar-refractivity contribution >= 4 is 0 Å². The summed E-state index contributed by atoms with van der Waals surface area (Å²) in [5.41, 5.74) is 0.917. The summed E-state index contributed by atoms with van der Waals surface area (Å²) in [5.74, 6) is 0.929. The maximum Gasteiger partial charge on any atom is 0.0468 e. The van der Waals surface area contributed by atoms with E-state index in [9.17, 15) is 0 Å². The molecule has 0 atom stereocenters. The molecule has 0 amide bonds. The standard InChI is InChI=1S/C14H27NO/c1-13(2,3)15-11-14(6-7-14)10-12-4-8-16-9-5-12/h12,15H,4-11H2,1-3H3. The van der Waals surface area contributed by atoms with Crippen LogP contribution >= 0.6 is 0 Å². The second-order valence-electron chi connectivity index (χ2n) is 6.86. The first-order chi connectivity index (χ1) is 7.49. The van der Waals surface area contributed by atoms with Crippen molar-refractivity contribution < 1.29 is 4.74 Å². The van der Waals surface area contributed by atoms with Crippen LogP contribution in [-0.2, 0) is 4.74 Å². The van der Waals surface area contributed by atoms with Crippen LogP contribution in [-0.4, -0.2) is 25.3 Å². The quantitative estimate of drug-likeness (QED) is 0.794. The van der Waals surface area contributed by atoms with Gasteiger partial charge in [-0.2, -0.15) is 0 Å². The van der Waals surface area contributed by atoms with Crippen LogP contribution in [0.2, 0.25) is 0 Å². The molecule has 0 aromatic rings. The molecule has 16 heavy (non-hydrogen) atoms. The van der Waals surface area contributed by atoms with Crippen LogP contribution in [0.5, 0.6) is 0 Å². The van der Waals surface area contributed by atoms with Gasteiger partial charge in [-0.1, -0.05) is 0 Å². The number of hydrogen-bond acceptors (Lipinski definition) is 2. The fraction of sp³-hybridized carbons (Fsp3) is 1.00. The van der Waals surface area contributed by atoms with Crippen LogP contribution in [0.4, 0.5) is 0 Å². The lowest BCUT2D eigenvalue weighted by Gasteiger charge is -2.29. The molecule has 0 aromatic carbocycles. The molecule has 1 aliphatic heterocycles. The van der Waals surface area contributed by atoms with Gasteiger partial charge in [-0.25, -0.2) is 0 Å². The van der Waals surface area contributed by atoms with Gasteiger partial charge < -0.3 is 10.1 Å². The molecular weight excluding hydrogens is 198 g/mol. The summed E-state index contributed by atoms with van der Waals surface area (Å²) >= 11 is 0. The Labute approximate surface area is 100 Å². The molecule has 1 saturated carbocycles. The van der Waals surface area contributed by atoms with Gasteiger partial charge in [0, 0.05) is 25.3 Å². The average Bonchev–Trinajstić information content (AvgIpc) is 2.96. The number of ether oxygens (including phenoxy) is 1. The largest absolute Gasteiger partial charge is 0.381 e. The van der Waals surface area contributed by atoms with Crippen molar-refractivity contribution in [3.05, 3.63) is 0 Å². The van der Waals surface area contributed by atoms with Crippen LogP contribution in [0.25, 0.3) is 0 Å². The van der Waals surface area contributed by atoms with E-state index >= 15 is 0 Å². The van der Waals surface area contributed by atoms with Crippen LogP contribution in [0.3, 0.4) is 0 Å². The third-order valence-corrected chi connectivity index (χ3v) is 4.01. The molecule has 1 N–H and O–H groups in total. The minimum atomic E-state index is 0.269. The van der Waals surface area contributed by atoms with Crippen molar-refractivity contribution in [3.8, 4) is 0 Å². The lowest BCUT2D eigenvalue weighted by molar-refractivity contribution is 0.0564. The Morgan fingerprint density at radius 1 is 1.19 bits per heavy atom. The first-order valence-electron chi connectivity index (χ1n) is 6.82. The van der Waals surface area contributed by atoms with Gasteiger partial charge in [0.2, 0.25) is 0 Å². The third-order valence-electron chi connectivity index (χ3n) is 4.01. The molecule has 2 fully saturated rings. The number of rotatable bonds is 4. The van der Waals surface area contributed by atoms with Crippen molar-refractivity contribution in [2.24, 2.45) is 11.3 Å². The first kappa shape index (κ1) is 12.4. The SMILES string of the molecule is CC(C)(C)NCC1(CC2CCOCC2)CC1. The second-order valence-corrected chi connectivity index (χ2v) is 6.86. The first-order valence-corrected chi connectivity index (χ1v) is 6.82. The highest BCUT2D eigenvalue weighted by atomic mass is 16.5. The minimum Gasteiger partial charge on any atom is -0.381 e. The molecule has 2 heteroatoms. The minimum absolute atomic E-state index is 0.269. The summed E-state index contributed by atoms with van der Waals surface area (Å²) in [7, 11) is 0. The lowest BCUT2D eigenvalue weighted by atomic mass is 9.86. The van der Waals surface area contributed by atoms with E-state index < -0.39 is 0 Å². The Morgan fingerprint density at radius 2 is 1.81 bits per heavy atom. The van der Waals surface area contributed by atoms with Gasteiger partial charge in [0.05, 0.1) is 0 Å². The summed E-state index contributed by atoms with van der Waals surface area (Å²) in [6, 6.07) is 0. The Kier molecular flexibility index (Phi) is 3.60. The van der Waals surface area contributed by atoms with Gasteiger partial charge in [-0.3, -0.25) is 0 Å². The van der Waals surface area contributed by atoms with Crippen molar-refractivity contribution in [3.63, 3.8) is 0 Å². The normalized spacial score (nSPS) is 25.7. The molecule has 94 valence electrons. The van der Waals surface area contributed by atoms with Gasteiger partial charge >= 0.3 is 0 Å². The molecule has 1 aliphatic carbocycles. The topological polar surface area (TPSA) is 21.3 Å². The summed E-state index contributed by atoms with van der Waals surface area (Å²) in [6.45, 7) is 9.99. The van der Waals surface area contributed by atoms with Crippen molar-refractivity contribution in [2.45, 2.75) is 58.4 Å². The Balaban J connectivity index is 1.75. The monoisotopic (exact) mass is 225 g/mol. The molecule has 0 bridgehead atoms. The zero-order valence-corrected chi connectivity index (χ0v) is 11.1. The van der Waals surface area contributed by atoms with E-state index in [2.05, 4.69) is 26.1 Å². The third kappa shape index (κ3) is 3.74. The van der Waals surface area contributed by atoms with E-state index in [1.165, 1.54) is 38.6 Å². The van der Waals surface area contributed by atoms with Gasteiger partial charge in [-0.05, 0) is 64.2 Å². The van der Waals surface area contributed by atoms with Crippen molar-refractivity contribution in [2.75, 3.05) is 19.8 Å². The van der Waals surface area contributed by atoms with E-state index in [-0.39, 0.29) is 5.54 Å². The smallest absolute Gasteiger partial charge is 0.0468 e. The molecular formula is C14H27NO. The summed E-state index contributed by atoms with van der Waals surface area (Å²) in [4.78, 5) is 0. The predicted octanol–water partition coefficient (Wildman–Crippen LogP) is 2.97. The van der Waals surface area contributed by atoms with E-state index in [0.717, 1.165) is 19.1 Å². The zero-order chi connectivity index (χ0) is 11.6. The fourth-order valence-corrected chi connectivity index (χ4v) is 2.65. The number of nitrogens with one attached hydrogen (secondary N) is 1. The Hall–Kier alpha value is -0.0800. The lowest BCUT2D eigenvalue weighted by Crippen LogP contribution is -2.40. The fourth-order valence-electron chi connectivity index (χ4n) is 2.65. The highest BCUT2D eigenvalue weighted by Gasteiger charge is 2.44. The molecule has 2 aliphatic rings. The molecule has 1 heterocycles. The molecule has 1 saturated heterocycles. The maximum absolute atomic E-state index is 5.43. The summed E-state index contributed by atoms with van der Waals surface area (Å²) < 4.78 is 5.43. The van der Waals surface area contributed by atoms with Gasteiger partial charge in [-0.15, -0.1) is 0 Å². The van der Waals surface area contributed by atoms with Gasteiger partial charge in [0.25, 0.3) is 0 Å². The molecule has 0 radical (unpaired) electrons. The van der Waals surface area contributed by atoms with Crippen LogP contribution in [0.1, 0.15) is 52.9 Å². The van der Waals surface area contributed by atoms with Gasteiger partial charge in [0.1, 0.15) is 0 Å². The van der Waals surface area contributed by atoms with Crippen LogP contribution in [0, 0.1) is 11.3 Å². The van der Waals surface area contributed by atoms with E-state index in [4.69, 9.17) is 4.74 Å². The molecule has 2 nitrogen and oxygen atoms in total. The average molecular weight is 225 g/mol. The Bertz CT molecular complexity index is 221. The van der Waals surface area contributed by atoms with Crippen LogP contribution in [0.15, 0.2) is 0 Å². The second kappa shape index (κ2) is 4.66. The molecule has 0 aromatic heterocycles. The Morgan fingerprint density at radius 3 is 2.31 bits per heavy atom. The summed E-state index contributed by atoms with van der Waals surface area (Å²) in [5, 5.41) is 3.68. The maximum atomic E-state index is 5.43. The summed E-state index contributed by atoms with van der Waals surface area (Å²) in [6.07, 6.45) is 6.88. The van der Waals surface area contributed by atoms with Crippen molar-refractivity contribution in [1.82, 2.24) is 5.32 Å². The van der Waals surface area contributed by atoms with Gasteiger partial charge in [0.15, 0.2) is 0 Å². The highest BCUT2D eigenvalue weighted by Crippen LogP contribution is 2.51. The predicted molar refractivity (Wildman–Crippen MR) is 67.6 cm³/mol. The van der Waals surface area contributed by atoms with E-state index in [1.54, 1.807) is 0 Å². The van der Waals surface area contributed by atoms with E-state index in [0.29, 0.717) is 5.41 Å². The number of hydrogen-bond donors (Lipinski definition) is 1.